The maximum atomic E-state index is 11.0. The number of aliphatic hydroxyl groups is 2. The standard InChI is InChI=1S/C28H32O5/c1-20-24(29)26(31-17-21-11-5-2-6-12-21)28(33-19-23-15-9-4-10-16-23)27(25(20)30)32-18-22-13-7-3-8-14-22/h2-16,20,24-30H,17-19H2,1H3/t20-,24-,25?,26?,27?,28-/m1/s1. The summed E-state index contributed by atoms with van der Waals surface area (Å²) in [7, 11) is 0. The topological polar surface area (TPSA) is 68.2 Å². The zero-order valence-corrected chi connectivity index (χ0v) is 18.9. The Bertz CT molecular complexity index is 892. The first-order valence-electron chi connectivity index (χ1n) is 11.5. The van der Waals surface area contributed by atoms with Gasteiger partial charge < -0.3 is 24.4 Å². The highest BCUT2D eigenvalue weighted by molar-refractivity contribution is 5.16. The molecule has 3 aromatic carbocycles. The molecule has 4 rings (SSSR count). The minimum Gasteiger partial charge on any atom is -0.390 e. The quantitative estimate of drug-likeness (QED) is 0.516. The van der Waals surface area contributed by atoms with Crippen molar-refractivity contribution in [2.75, 3.05) is 0 Å². The van der Waals surface area contributed by atoms with Crippen LogP contribution in [-0.4, -0.2) is 40.7 Å². The number of aliphatic hydroxyl groups excluding tert-OH is 2. The van der Waals surface area contributed by atoms with Crippen LogP contribution in [0, 0.1) is 5.92 Å². The van der Waals surface area contributed by atoms with E-state index in [9.17, 15) is 10.2 Å². The number of hydrogen-bond acceptors (Lipinski definition) is 5. The molecule has 1 aliphatic rings. The fourth-order valence-electron chi connectivity index (χ4n) is 4.25. The highest BCUT2D eigenvalue weighted by Gasteiger charge is 2.50. The van der Waals surface area contributed by atoms with E-state index in [0.717, 1.165) is 16.7 Å². The fraction of sp³-hybridized carbons (Fsp3) is 0.357. The van der Waals surface area contributed by atoms with Crippen molar-refractivity contribution in [1.82, 2.24) is 0 Å². The summed E-state index contributed by atoms with van der Waals surface area (Å²) in [6, 6.07) is 29.5. The highest BCUT2D eigenvalue weighted by atomic mass is 16.6. The molecule has 0 aliphatic heterocycles. The predicted molar refractivity (Wildman–Crippen MR) is 126 cm³/mol. The van der Waals surface area contributed by atoms with Crippen molar-refractivity contribution in [3.05, 3.63) is 108 Å². The molecule has 33 heavy (non-hydrogen) atoms. The van der Waals surface area contributed by atoms with Crippen molar-refractivity contribution >= 4 is 0 Å². The Kier molecular flexibility index (Phi) is 8.26. The molecule has 1 saturated carbocycles. The summed E-state index contributed by atoms with van der Waals surface area (Å²) in [4.78, 5) is 0. The number of hydrogen-bond donors (Lipinski definition) is 2. The zero-order chi connectivity index (χ0) is 23.0. The second-order valence-electron chi connectivity index (χ2n) is 8.62. The molecule has 0 aromatic heterocycles. The third-order valence-electron chi connectivity index (χ3n) is 6.25. The molecule has 0 spiro atoms. The number of benzene rings is 3. The van der Waals surface area contributed by atoms with Crippen LogP contribution in [0.1, 0.15) is 23.6 Å². The van der Waals surface area contributed by atoms with Crippen molar-refractivity contribution in [3.8, 4) is 0 Å². The summed E-state index contributed by atoms with van der Waals surface area (Å²) >= 11 is 0. The van der Waals surface area contributed by atoms with Gasteiger partial charge in [0.05, 0.1) is 32.0 Å². The summed E-state index contributed by atoms with van der Waals surface area (Å²) in [5, 5.41) is 22.1. The molecule has 174 valence electrons. The summed E-state index contributed by atoms with van der Waals surface area (Å²) in [5.74, 6) is -0.428. The Morgan fingerprint density at radius 1 is 0.515 bits per heavy atom. The van der Waals surface area contributed by atoms with Gasteiger partial charge in [0, 0.05) is 5.92 Å². The Balaban J connectivity index is 1.54. The molecule has 1 aliphatic carbocycles. The van der Waals surface area contributed by atoms with E-state index in [1.807, 2.05) is 97.9 Å². The van der Waals surface area contributed by atoms with Gasteiger partial charge >= 0.3 is 0 Å². The zero-order valence-electron chi connectivity index (χ0n) is 18.9. The van der Waals surface area contributed by atoms with E-state index in [1.165, 1.54) is 0 Å². The van der Waals surface area contributed by atoms with Gasteiger partial charge in [0.2, 0.25) is 0 Å². The Morgan fingerprint density at radius 2 is 0.818 bits per heavy atom. The largest absolute Gasteiger partial charge is 0.390 e. The van der Waals surface area contributed by atoms with Gasteiger partial charge in [-0.15, -0.1) is 0 Å². The van der Waals surface area contributed by atoms with Gasteiger partial charge in [-0.05, 0) is 16.7 Å². The lowest BCUT2D eigenvalue weighted by molar-refractivity contribution is -0.248. The maximum absolute atomic E-state index is 11.0. The monoisotopic (exact) mass is 448 g/mol. The third-order valence-corrected chi connectivity index (χ3v) is 6.25. The molecule has 3 unspecified atom stereocenters. The summed E-state index contributed by atoms with van der Waals surface area (Å²) < 4.78 is 18.7. The van der Waals surface area contributed by atoms with E-state index < -0.39 is 36.4 Å². The number of ether oxygens (including phenoxy) is 3. The smallest absolute Gasteiger partial charge is 0.115 e. The lowest BCUT2D eigenvalue weighted by Crippen LogP contribution is -2.62. The van der Waals surface area contributed by atoms with Gasteiger partial charge in [-0.2, -0.15) is 0 Å². The van der Waals surface area contributed by atoms with E-state index in [0.29, 0.717) is 19.8 Å². The first kappa shape index (κ1) is 23.6. The van der Waals surface area contributed by atoms with Crippen LogP contribution in [0.25, 0.3) is 0 Å². The molecule has 5 nitrogen and oxygen atoms in total. The first-order chi connectivity index (χ1) is 16.1. The molecular weight excluding hydrogens is 416 g/mol. The van der Waals surface area contributed by atoms with E-state index in [-0.39, 0.29) is 0 Å². The first-order valence-corrected chi connectivity index (χ1v) is 11.5. The molecule has 0 heterocycles. The Morgan fingerprint density at radius 3 is 1.15 bits per heavy atom. The summed E-state index contributed by atoms with van der Waals surface area (Å²) in [6.07, 6.45) is -3.71. The van der Waals surface area contributed by atoms with Gasteiger partial charge in [-0.3, -0.25) is 0 Å². The van der Waals surface area contributed by atoms with Crippen molar-refractivity contribution in [3.63, 3.8) is 0 Å². The highest BCUT2D eigenvalue weighted by Crippen LogP contribution is 2.33. The van der Waals surface area contributed by atoms with Crippen molar-refractivity contribution < 1.29 is 24.4 Å². The lowest BCUT2D eigenvalue weighted by Gasteiger charge is -2.46. The Hall–Kier alpha value is -2.54. The van der Waals surface area contributed by atoms with Crippen LogP contribution in [0.3, 0.4) is 0 Å². The maximum Gasteiger partial charge on any atom is 0.115 e. The van der Waals surface area contributed by atoms with Crippen LogP contribution in [0.4, 0.5) is 0 Å². The average Bonchev–Trinajstić information content (AvgIpc) is 2.87. The van der Waals surface area contributed by atoms with Crippen molar-refractivity contribution in [2.45, 2.75) is 57.3 Å². The minimum absolute atomic E-state index is 0.329. The molecule has 1 fully saturated rings. The van der Waals surface area contributed by atoms with Crippen LogP contribution >= 0.6 is 0 Å². The third kappa shape index (κ3) is 6.08. The van der Waals surface area contributed by atoms with Gasteiger partial charge in [0.25, 0.3) is 0 Å². The molecule has 5 heteroatoms. The normalized spacial score (nSPS) is 27.4. The Labute approximate surface area is 195 Å². The predicted octanol–water partition coefficient (Wildman–Crippen LogP) is 4.11. The van der Waals surface area contributed by atoms with Crippen molar-refractivity contribution in [1.29, 1.82) is 0 Å². The molecule has 2 N–H and O–H groups in total. The fourth-order valence-corrected chi connectivity index (χ4v) is 4.25. The van der Waals surface area contributed by atoms with Gasteiger partial charge in [0.15, 0.2) is 0 Å². The van der Waals surface area contributed by atoms with E-state index >= 15 is 0 Å². The summed E-state index contributed by atoms with van der Waals surface area (Å²) in [6.45, 7) is 2.82. The van der Waals surface area contributed by atoms with Crippen LogP contribution < -0.4 is 0 Å². The van der Waals surface area contributed by atoms with Crippen molar-refractivity contribution in [2.24, 2.45) is 5.92 Å². The second kappa shape index (κ2) is 11.5. The minimum atomic E-state index is -0.888. The van der Waals surface area contributed by atoms with Crippen LogP contribution in [0.5, 0.6) is 0 Å². The molecule has 6 atom stereocenters. The molecule has 0 radical (unpaired) electrons. The summed E-state index contributed by atoms with van der Waals surface area (Å²) in [5.41, 5.74) is 3.02. The van der Waals surface area contributed by atoms with E-state index in [4.69, 9.17) is 14.2 Å². The van der Waals surface area contributed by atoms with Gasteiger partial charge in [-0.25, -0.2) is 0 Å². The lowest BCUT2D eigenvalue weighted by atomic mass is 9.79. The molecule has 0 saturated heterocycles. The number of rotatable bonds is 9. The molecule has 0 amide bonds. The van der Waals surface area contributed by atoms with Gasteiger partial charge in [-0.1, -0.05) is 97.9 Å². The van der Waals surface area contributed by atoms with E-state index in [1.54, 1.807) is 0 Å². The van der Waals surface area contributed by atoms with Crippen LogP contribution in [0.2, 0.25) is 0 Å². The van der Waals surface area contributed by atoms with E-state index in [2.05, 4.69) is 0 Å². The van der Waals surface area contributed by atoms with Gasteiger partial charge in [0.1, 0.15) is 18.3 Å². The molecular formula is C28H32O5. The molecule has 0 bridgehead atoms. The average molecular weight is 449 g/mol. The SMILES string of the molecule is C[C@H]1C(O)C(OCc2ccccc2)[C@H](OCc2ccccc2)C(OCc2ccccc2)[C@@H]1O. The second-order valence-corrected chi connectivity index (χ2v) is 8.62. The van der Waals surface area contributed by atoms with Crippen LogP contribution in [0.15, 0.2) is 91.0 Å². The molecule has 3 aromatic rings. The van der Waals surface area contributed by atoms with Crippen LogP contribution in [-0.2, 0) is 34.0 Å².